The number of hydrogen-bond donors (Lipinski definition) is 5. The topological polar surface area (TPSA) is 147 Å². The van der Waals surface area contributed by atoms with Gasteiger partial charge in [-0.05, 0) is 0 Å². The smallest absolute Gasteiger partial charge is 0.264 e. The minimum absolute atomic E-state index is 0.269. The number of ether oxygens (including phenoxy) is 1. The lowest BCUT2D eigenvalue weighted by atomic mass is 9.94. The van der Waals surface area contributed by atoms with Crippen molar-refractivity contribution < 1.29 is 28.8 Å². The van der Waals surface area contributed by atoms with Crippen LogP contribution in [0.15, 0.2) is 11.0 Å². The Kier molecular flexibility index (Phi) is 4.21. The number of fused-ring (bicyclic) bond motifs is 1. The number of nitrogens with one attached hydrogen (secondary N) is 1. The number of aromatic amines is 1. The number of H-pyrrole nitrogens is 1. The van der Waals surface area contributed by atoms with Crippen LogP contribution in [0, 0.1) is 17.7 Å². The van der Waals surface area contributed by atoms with Gasteiger partial charge >= 0.3 is 0 Å². The number of rotatable bonds is 2. The van der Waals surface area contributed by atoms with Crippen molar-refractivity contribution in [3.05, 3.63) is 22.4 Å². The Hall–Kier alpha value is -2.52. The van der Waals surface area contributed by atoms with Crippen molar-refractivity contribution in [1.29, 1.82) is 0 Å². The summed E-state index contributed by atoms with van der Waals surface area (Å²) in [6.07, 6.45) is -3.75. The van der Waals surface area contributed by atoms with Crippen molar-refractivity contribution in [3.8, 4) is 11.8 Å². The summed E-state index contributed by atoms with van der Waals surface area (Å²) in [6.45, 7) is -1.80. The quantitative estimate of drug-likeness (QED) is 0.407. The molecule has 0 aliphatic carbocycles. The molecule has 6 N–H and O–H groups in total. The highest BCUT2D eigenvalue weighted by atomic mass is 19.1. The van der Waals surface area contributed by atoms with Crippen molar-refractivity contribution in [1.82, 2.24) is 14.5 Å². The summed E-state index contributed by atoms with van der Waals surface area (Å²) < 4.78 is 32.9. The summed E-state index contributed by atoms with van der Waals surface area (Å²) in [5, 5.41) is 29.7. The molecule has 1 aliphatic heterocycles. The summed E-state index contributed by atoms with van der Waals surface area (Å²) in [6, 6.07) is 0. The summed E-state index contributed by atoms with van der Waals surface area (Å²) in [4.78, 5) is 17.8. The molecule has 0 aromatic carbocycles. The van der Waals surface area contributed by atoms with Gasteiger partial charge in [0.1, 0.15) is 24.3 Å². The van der Waals surface area contributed by atoms with Gasteiger partial charge in [0.2, 0.25) is 5.95 Å². The molecule has 2 aromatic heterocycles. The monoisotopic (exact) mass is 356 g/mol. The highest BCUT2D eigenvalue weighted by molar-refractivity contribution is 5.77. The van der Waals surface area contributed by atoms with Crippen LogP contribution in [0.4, 0.5) is 14.7 Å². The number of alkyl halides is 1. The van der Waals surface area contributed by atoms with E-state index in [4.69, 9.17) is 10.5 Å². The molecular formula is C14H14F2N4O5. The number of nitrogens with two attached hydrogens (primary N) is 1. The molecule has 0 saturated carbocycles. The molecule has 2 aromatic rings. The second-order valence-corrected chi connectivity index (χ2v) is 5.45. The van der Waals surface area contributed by atoms with E-state index in [1.807, 2.05) is 5.92 Å². The fourth-order valence-electron chi connectivity index (χ4n) is 2.81. The number of nitrogens with zero attached hydrogens (tertiary/aromatic N) is 2. The van der Waals surface area contributed by atoms with Crippen LogP contribution in [0.1, 0.15) is 6.23 Å². The average Bonchev–Trinajstić information content (AvgIpc) is 3.01. The van der Waals surface area contributed by atoms with Crippen LogP contribution in [0.2, 0.25) is 0 Å². The van der Waals surface area contributed by atoms with Crippen LogP contribution in [-0.4, -0.2) is 60.9 Å². The molecule has 1 saturated heterocycles. The number of halogens is 2. The van der Waals surface area contributed by atoms with Crippen LogP contribution in [0.5, 0.6) is 0 Å². The maximum Gasteiger partial charge on any atom is 0.264 e. The SMILES string of the molecule is Nc1nc2c(c(F)cn2[C@@H]2O[C@H](CO)[C@H](O)C2(O)C#CCF)c(=O)[nH]1. The van der Waals surface area contributed by atoms with Crippen LogP contribution in [0.25, 0.3) is 11.0 Å². The molecule has 9 nitrogen and oxygen atoms in total. The molecular weight excluding hydrogens is 342 g/mol. The van der Waals surface area contributed by atoms with E-state index in [0.29, 0.717) is 0 Å². The molecule has 11 heteroatoms. The summed E-state index contributed by atoms with van der Waals surface area (Å²) in [5.41, 5.74) is 1.96. The van der Waals surface area contributed by atoms with E-state index in [9.17, 15) is 28.9 Å². The van der Waals surface area contributed by atoms with Gasteiger partial charge < -0.3 is 25.8 Å². The zero-order valence-electron chi connectivity index (χ0n) is 12.6. The predicted octanol–water partition coefficient (Wildman–Crippen LogP) is -1.60. The first kappa shape index (κ1) is 17.3. The largest absolute Gasteiger partial charge is 0.394 e. The summed E-state index contributed by atoms with van der Waals surface area (Å²) in [7, 11) is 0. The molecule has 3 heterocycles. The Labute approximate surface area is 138 Å². The first-order chi connectivity index (χ1) is 11.8. The minimum atomic E-state index is -2.38. The Morgan fingerprint density at radius 1 is 1.56 bits per heavy atom. The summed E-state index contributed by atoms with van der Waals surface area (Å²) >= 11 is 0. The maximum atomic E-state index is 14.2. The average molecular weight is 356 g/mol. The Morgan fingerprint density at radius 3 is 2.92 bits per heavy atom. The number of aliphatic hydroxyl groups excluding tert-OH is 2. The van der Waals surface area contributed by atoms with Crippen molar-refractivity contribution >= 4 is 17.0 Å². The van der Waals surface area contributed by atoms with Gasteiger partial charge in [-0.3, -0.25) is 14.3 Å². The van der Waals surface area contributed by atoms with E-state index in [1.54, 1.807) is 0 Å². The van der Waals surface area contributed by atoms with E-state index in [2.05, 4.69) is 15.9 Å². The molecule has 1 unspecified atom stereocenters. The molecule has 1 aliphatic rings. The predicted molar refractivity (Wildman–Crippen MR) is 80.4 cm³/mol. The third-order valence-electron chi connectivity index (χ3n) is 3.93. The van der Waals surface area contributed by atoms with Gasteiger partial charge in [0.25, 0.3) is 5.56 Å². The van der Waals surface area contributed by atoms with Crippen molar-refractivity contribution in [3.63, 3.8) is 0 Å². The zero-order valence-corrected chi connectivity index (χ0v) is 12.6. The fourth-order valence-corrected chi connectivity index (χ4v) is 2.81. The van der Waals surface area contributed by atoms with Gasteiger partial charge in [-0.2, -0.15) is 4.98 Å². The maximum absolute atomic E-state index is 14.2. The molecule has 134 valence electrons. The highest BCUT2D eigenvalue weighted by Crippen LogP contribution is 2.39. The lowest BCUT2D eigenvalue weighted by Crippen LogP contribution is -2.46. The molecule has 3 rings (SSSR count). The van der Waals surface area contributed by atoms with Gasteiger partial charge in [-0.25, -0.2) is 8.78 Å². The van der Waals surface area contributed by atoms with E-state index in [-0.39, 0.29) is 11.6 Å². The number of aromatic nitrogens is 3. The van der Waals surface area contributed by atoms with Gasteiger partial charge in [0, 0.05) is 6.20 Å². The number of aliphatic hydroxyl groups is 3. The van der Waals surface area contributed by atoms with E-state index in [1.165, 1.54) is 0 Å². The van der Waals surface area contributed by atoms with E-state index >= 15 is 0 Å². The van der Waals surface area contributed by atoms with Crippen LogP contribution >= 0.6 is 0 Å². The molecule has 0 spiro atoms. The van der Waals surface area contributed by atoms with Gasteiger partial charge in [-0.15, -0.1) is 0 Å². The van der Waals surface area contributed by atoms with Crippen molar-refractivity contribution in [2.75, 3.05) is 19.0 Å². The Bertz CT molecular complexity index is 933. The van der Waals surface area contributed by atoms with E-state index < -0.39 is 54.1 Å². The third-order valence-corrected chi connectivity index (χ3v) is 3.93. The number of hydrogen-bond acceptors (Lipinski definition) is 7. The molecule has 4 atom stereocenters. The normalized spacial score (nSPS) is 28.9. The van der Waals surface area contributed by atoms with Gasteiger partial charge in [0.05, 0.1) is 6.61 Å². The van der Waals surface area contributed by atoms with E-state index in [0.717, 1.165) is 10.8 Å². The third kappa shape index (κ3) is 2.56. The van der Waals surface area contributed by atoms with Crippen molar-refractivity contribution in [2.45, 2.75) is 24.0 Å². The lowest BCUT2D eigenvalue weighted by molar-refractivity contribution is -0.0721. The standard InChI is InChI=1S/C14H14F2N4O5/c15-3-1-2-14(24)9(22)7(5-21)25-12(14)20-4-6(16)8-10(20)18-13(17)19-11(8)23/h4,7,9,12,21-22,24H,3,5H2,(H3,17,18,19,23)/t7-,9+,12-,14?/m1/s1. The minimum Gasteiger partial charge on any atom is -0.394 e. The van der Waals surface area contributed by atoms with Crippen LogP contribution in [0.3, 0.4) is 0 Å². The Balaban J connectivity index is 2.23. The molecule has 0 bridgehead atoms. The van der Waals surface area contributed by atoms with Gasteiger partial charge in [0.15, 0.2) is 23.3 Å². The number of nitrogen functional groups attached to an aromatic ring is 1. The second-order valence-electron chi connectivity index (χ2n) is 5.45. The first-order valence-electron chi connectivity index (χ1n) is 7.12. The Morgan fingerprint density at radius 2 is 2.28 bits per heavy atom. The number of anilines is 1. The molecule has 0 amide bonds. The van der Waals surface area contributed by atoms with Crippen molar-refractivity contribution in [2.24, 2.45) is 0 Å². The lowest BCUT2D eigenvalue weighted by Gasteiger charge is -2.26. The molecule has 25 heavy (non-hydrogen) atoms. The van der Waals surface area contributed by atoms with Crippen LogP contribution in [-0.2, 0) is 4.74 Å². The highest BCUT2D eigenvalue weighted by Gasteiger charge is 2.56. The fraction of sp³-hybridized carbons (Fsp3) is 0.429. The zero-order chi connectivity index (χ0) is 18.4. The summed E-state index contributed by atoms with van der Waals surface area (Å²) in [5.74, 6) is 2.82. The first-order valence-corrected chi connectivity index (χ1v) is 7.12. The second kappa shape index (κ2) is 6.08. The van der Waals surface area contributed by atoms with Gasteiger partial charge in [-0.1, -0.05) is 11.8 Å². The molecule has 0 radical (unpaired) electrons. The van der Waals surface area contributed by atoms with Crippen LogP contribution < -0.4 is 11.3 Å². The molecule has 1 fully saturated rings.